The molecule has 1 heterocycles. The van der Waals surface area contributed by atoms with Crippen LogP contribution in [0.25, 0.3) is 0 Å². The molecule has 0 saturated carbocycles. The average Bonchev–Trinajstić information content (AvgIpc) is 2.49. The van der Waals surface area contributed by atoms with Crippen molar-refractivity contribution in [3.63, 3.8) is 0 Å². The van der Waals surface area contributed by atoms with Crippen LogP contribution < -0.4 is 21.1 Å². The molecule has 0 aliphatic rings. The smallest absolute Gasteiger partial charge is 0.233 e. The zero-order valence-electron chi connectivity index (χ0n) is 13.0. The quantitative estimate of drug-likeness (QED) is 0.645. The summed E-state index contributed by atoms with van der Waals surface area (Å²) in [6.45, 7) is 5.53. The lowest BCUT2D eigenvalue weighted by atomic mass is 10.3. The van der Waals surface area contributed by atoms with Crippen LogP contribution in [0.1, 0.15) is 26.7 Å². The van der Waals surface area contributed by atoms with Crippen LogP contribution in [0.4, 0.5) is 23.5 Å². The maximum atomic E-state index is 5.72. The number of nitrogens with zero attached hydrogens (tertiary/aromatic N) is 3. The molecule has 0 atom stereocenters. The van der Waals surface area contributed by atoms with Crippen molar-refractivity contribution in [1.29, 1.82) is 0 Å². The molecular weight excluding hydrogens is 280 g/mol. The third kappa shape index (κ3) is 4.76. The standard InChI is InChI=1S/C15H22N6O/c1-3-5-10-17-14-19-13(16)20-15(21-14)18-11-6-8-12(9-7-11)22-4-2/h6-9H,3-5,10H2,1-2H3,(H4,16,17,18,19,20,21). The van der Waals surface area contributed by atoms with Gasteiger partial charge in [0.2, 0.25) is 17.8 Å². The lowest BCUT2D eigenvalue weighted by molar-refractivity contribution is 0.340. The summed E-state index contributed by atoms with van der Waals surface area (Å²) in [6.07, 6.45) is 2.15. The Balaban J connectivity index is 2.04. The number of nitrogens with two attached hydrogens (primary N) is 1. The molecule has 0 amide bonds. The lowest BCUT2D eigenvalue weighted by Crippen LogP contribution is -2.10. The molecule has 0 unspecified atom stereocenters. The van der Waals surface area contributed by atoms with Gasteiger partial charge in [-0.05, 0) is 37.6 Å². The van der Waals surface area contributed by atoms with Crippen LogP contribution in [0.15, 0.2) is 24.3 Å². The van der Waals surface area contributed by atoms with Gasteiger partial charge in [0.05, 0.1) is 6.61 Å². The van der Waals surface area contributed by atoms with Gasteiger partial charge in [0, 0.05) is 12.2 Å². The van der Waals surface area contributed by atoms with Gasteiger partial charge in [0.1, 0.15) is 5.75 Å². The van der Waals surface area contributed by atoms with E-state index >= 15 is 0 Å². The second-order valence-corrected chi connectivity index (χ2v) is 4.70. The van der Waals surface area contributed by atoms with Crippen molar-refractivity contribution in [2.24, 2.45) is 0 Å². The van der Waals surface area contributed by atoms with Gasteiger partial charge in [0.15, 0.2) is 0 Å². The molecule has 4 N–H and O–H groups in total. The molecule has 1 aromatic carbocycles. The summed E-state index contributed by atoms with van der Waals surface area (Å²) in [5, 5.41) is 6.24. The van der Waals surface area contributed by atoms with E-state index in [0.29, 0.717) is 18.5 Å². The zero-order valence-corrected chi connectivity index (χ0v) is 13.0. The summed E-state index contributed by atoms with van der Waals surface area (Å²) in [5.41, 5.74) is 6.57. The van der Waals surface area contributed by atoms with E-state index in [9.17, 15) is 0 Å². The minimum absolute atomic E-state index is 0.183. The molecule has 0 spiro atoms. The van der Waals surface area contributed by atoms with Crippen LogP contribution in [0.3, 0.4) is 0 Å². The topological polar surface area (TPSA) is 98.0 Å². The second kappa shape index (κ2) is 8.02. The van der Waals surface area contributed by atoms with Crippen molar-refractivity contribution in [2.45, 2.75) is 26.7 Å². The highest BCUT2D eigenvalue weighted by atomic mass is 16.5. The Morgan fingerprint density at radius 3 is 2.45 bits per heavy atom. The Kier molecular flexibility index (Phi) is 5.76. The molecule has 2 rings (SSSR count). The molecule has 7 heteroatoms. The Labute approximate surface area is 130 Å². The number of hydrogen-bond donors (Lipinski definition) is 3. The first kappa shape index (κ1) is 15.8. The number of aromatic nitrogens is 3. The number of nitrogen functional groups attached to an aromatic ring is 1. The predicted octanol–water partition coefficient (Wildman–Crippen LogP) is 2.81. The Hall–Kier alpha value is -2.57. The predicted molar refractivity (Wildman–Crippen MR) is 88.5 cm³/mol. The number of unbranched alkanes of at least 4 members (excludes halogenated alkanes) is 1. The largest absolute Gasteiger partial charge is 0.494 e. The summed E-state index contributed by atoms with van der Waals surface area (Å²) >= 11 is 0. The maximum absolute atomic E-state index is 5.72. The first-order valence-corrected chi connectivity index (χ1v) is 7.46. The molecule has 0 saturated heterocycles. The number of nitrogens with one attached hydrogen (secondary N) is 2. The molecule has 7 nitrogen and oxygen atoms in total. The molecule has 118 valence electrons. The van der Waals surface area contributed by atoms with E-state index in [1.165, 1.54) is 0 Å². The molecule has 0 radical (unpaired) electrons. The van der Waals surface area contributed by atoms with E-state index < -0.39 is 0 Å². The fraction of sp³-hybridized carbons (Fsp3) is 0.400. The van der Waals surface area contributed by atoms with Crippen molar-refractivity contribution in [2.75, 3.05) is 29.5 Å². The summed E-state index contributed by atoms with van der Waals surface area (Å²) in [4.78, 5) is 12.5. The highest BCUT2D eigenvalue weighted by molar-refractivity contribution is 5.56. The van der Waals surface area contributed by atoms with Gasteiger partial charge in [-0.2, -0.15) is 15.0 Å². The van der Waals surface area contributed by atoms with Gasteiger partial charge in [-0.25, -0.2) is 0 Å². The summed E-state index contributed by atoms with van der Waals surface area (Å²) in [7, 11) is 0. The molecule has 22 heavy (non-hydrogen) atoms. The average molecular weight is 302 g/mol. The molecule has 2 aromatic rings. The van der Waals surface area contributed by atoms with E-state index in [-0.39, 0.29) is 5.95 Å². The fourth-order valence-electron chi connectivity index (χ4n) is 1.83. The van der Waals surface area contributed by atoms with Crippen LogP contribution in [-0.2, 0) is 0 Å². The van der Waals surface area contributed by atoms with Crippen molar-refractivity contribution in [1.82, 2.24) is 15.0 Å². The van der Waals surface area contributed by atoms with Gasteiger partial charge in [-0.1, -0.05) is 13.3 Å². The van der Waals surface area contributed by atoms with Gasteiger partial charge in [0.25, 0.3) is 0 Å². The third-order valence-electron chi connectivity index (χ3n) is 2.89. The van der Waals surface area contributed by atoms with E-state index in [4.69, 9.17) is 10.5 Å². The minimum atomic E-state index is 0.183. The first-order chi connectivity index (χ1) is 10.7. The van der Waals surface area contributed by atoms with E-state index in [1.54, 1.807) is 0 Å². The molecule has 0 fully saturated rings. The number of ether oxygens (including phenoxy) is 1. The highest BCUT2D eigenvalue weighted by Crippen LogP contribution is 2.19. The zero-order chi connectivity index (χ0) is 15.8. The van der Waals surface area contributed by atoms with E-state index in [2.05, 4.69) is 32.5 Å². The summed E-state index contributed by atoms with van der Waals surface area (Å²) in [6, 6.07) is 7.57. The maximum Gasteiger partial charge on any atom is 0.233 e. The van der Waals surface area contributed by atoms with Crippen LogP contribution in [0, 0.1) is 0 Å². The minimum Gasteiger partial charge on any atom is -0.494 e. The lowest BCUT2D eigenvalue weighted by Gasteiger charge is -2.09. The van der Waals surface area contributed by atoms with Crippen LogP contribution in [0.2, 0.25) is 0 Å². The number of hydrogen-bond acceptors (Lipinski definition) is 7. The molecular formula is C15H22N6O. The van der Waals surface area contributed by atoms with Gasteiger partial charge >= 0.3 is 0 Å². The van der Waals surface area contributed by atoms with Gasteiger partial charge < -0.3 is 21.1 Å². The Morgan fingerprint density at radius 1 is 1.05 bits per heavy atom. The Morgan fingerprint density at radius 2 is 1.77 bits per heavy atom. The number of benzene rings is 1. The highest BCUT2D eigenvalue weighted by Gasteiger charge is 2.04. The van der Waals surface area contributed by atoms with Crippen molar-refractivity contribution in [3.05, 3.63) is 24.3 Å². The van der Waals surface area contributed by atoms with Crippen molar-refractivity contribution >= 4 is 23.5 Å². The molecule has 0 aliphatic heterocycles. The van der Waals surface area contributed by atoms with Gasteiger partial charge in [-0.15, -0.1) is 0 Å². The number of anilines is 4. The van der Waals surface area contributed by atoms with Crippen LogP contribution >= 0.6 is 0 Å². The normalized spacial score (nSPS) is 10.3. The van der Waals surface area contributed by atoms with Gasteiger partial charge in [-0.3, -0.25) is 0 Å². The Bertz CT molecular complexity index is 587. The molecule has 0 aliphatic carbocycles. The summed E-state index contributed by atoms with van der Waals surface area (Å²) < 4.78 is 5.41. The van der Waals surface area contributed by atoms with Crippen molar-refractivity contribution < 1.29 is 4.74 Å². The van der Waals surface area contributed by atoms with Crippen LogP contribution in [-0.4, -0.2) is 28.1 Å². The van der Waals surface area contributed by atoms with E-state index in [0.717, 1.165) is 30.8 Å². The number of rotatable bonds is 8. The second-order valence-electron chi connectivity index (χ2n) is 4.70. The first-order valence-electron chi connectivity index (χ1n) is 7.46. The van der Waals surface area contributed by atoms with Crippen molar-refractivity contribution in [3.8, 4) is 5.75 Å². The molecule has 0 bridgehead atoms. The summed E-state index contributed by atoms with van der Waals surface area (Å²) in [5.74, 6) is 1.90. The third-order valence-corrected chi connectivity index (χ3v) is 2.89. The fourth-order valence-corrected chi connectivity index (χ4v) is 1.83. The monoisotopic (exact) mass is 302 g/mol. The van der Waals surface area contributed by atoms with E-state index in [1.807, 2.05) is 31.2 Å². The SMILES string of the molecule is CCCCNc1nc(N)nc(Nc2ccc(OCC)cc2)n1. The van der Waals surface area contributed by atoms with Crippen LogP contribution in [0.5, 0.6) is 5.75 Å². The molecule has 1 aromatic heterocycles.